The lowest BCUT2D eigenvalue weighted by molar-refractivity contribution is 0.185. The van der Waals surface area contributed by atoms with E-state index in [1.54, 1.807) is 6.33 Å². The predicted molar refractivity (Wildman–Crippen MR) is 129 cm³/mol. The number of halogens is 1. The molecule has 0 aliphatic carbocycles. The number of anilines is 2. The largest absolute Gasteiger partial charge is 0.324 e. The molecule has 4 aromatic rings. The molecule has 1 fully saturated rings. The fraction of sp³-hybridized carbons (Fsp3) is 0.304. The molecule has 8 nitrogen and oxygen atoms in total. The molecule has 4 heterocycles. The molecular formula is C23H27ClN8. The monoisotopic (exact) mass is 450 g/mol. The molecule has 9 heteroatoms. The van der Waals surface area contributed by atoms with E-state index in [4.69, 9.17) is 0 Å². The summed E-state index contributed by atoms with van der Waals surface area (Å²) in [5.41, 5.74) is 5.95. The molecule has 1 aliphatic rings. The number of nitrogens with zero attached hydrogens (tertiary/aromatic N) is 5. The first-order valence-corrected chi connectivity index (χ1v) is 10.6. The van der Waals surface area contributed by atoms with Crippen molar-refractivity contribution in [1.29, 1.82) is 0 Å². The summed E-state index contributed by atoms with van der Waals surface area (Å²) in [5, 5.41) is 6.73. The number of aromatic amines is 1. The quantitative estimate of drug-likeness (QED) is 0.425. The molecule has 0 amide bonds. The van der Waals surface area contributed by atoms with Crippen LogP contribution in [0.4, 0.5) is 11.8 Å². The SMILES string of the molecule is Cc1cc(-c2ccc3nc(Nc4cc(C(C)N5CCNCC5)ccn4)[nH]c3c2)ncn1.Cl. The van der Waals surface area contributed by atoms with E-state index in [0.717, 1.165) is 60.0 Å². The second kappa shape index (κ2) is 9.60. The summed E-state index contributed by atoms with van der Waals surface area (Å²) >= 11 is 0. The number of hydrogen-bond acceptors (Lipinski definition) is 7. The number of aryl methyl sites for hydroxylation is 1. The van der Waals surface area contributed by atoms with Crippen LogP contribution in [-0.4, -0.2) is 56.0 Å². The highest BCUT2D eigenvalue weighted by molar-refractivity contribution is 5.85. The number of nitrogens with one attached hydrogen (secondary N) is 3. The summed E-state index contributed by atoms with van der Waals surface area (Å²) in [5.74, 6) is 1.45. The highest BCUT2D eigenvalue weighted by Crippen LogP contribution is 2.26. The van der Waals surface area contributed by atoms with Crippen molar-refractivity contribution in [3.63, 3.8) is 0 Å². The van der Waals surface area contributed by atoms with Crippen molar-refractivity contribution in [2.45, 2.75) is 19.9 Å². The molecule has 1 atom stereocenters. The molecular weight excluding hydrogens is 424 g/mol. The van der Waals surface area contributed by atoms with Crippen molar-refractivity contribution in [3.8, 4) is 11.3 Å². The molecule has 3 aromatic heterocycles. The summed E-state index contributed by atoms with van der Waals surface area (Å²) in [7, 11) is 0. The Hall–Kier alpha value is -3.07. The minimum absolute atomic E-state index is 0. The fourth-order valence-corrected chi connectivity index (χ4v) is 4.02. The van der Waals surface area contributed by atoms with Gasteiger partial charge in [-0.3, -0.25) is 4.90 Å². The Morgan fingerprint density at radius 1 is 1.03 bits per heavy atom. The summed E-state index contributed by atoms with van der Waals surface area (Å²) in [6.45, 7) is 8.41. The number of piperazine rings is 1. The lowest BCUT2D eigenvalue weighted by atomic mass is 10.1. The average Bonchev–Trinajstić information content (AvgIpc) is 3.21. The van der Waals surface area contributed by atoms with Crippen LogP contribution >= 0.6 is 12.4 Å². The van der Waals surface area contributed by atoms with Crippen LogP contribution in [0.15, 0.2) is 48.9 Å². The van der Waals surface area contributed by atoms with E-state index in [-0.39, 0.29) is 12.4 Å². The minimum Gasteiger partial charge on any atom is -0.324 e. The van der Waals surface area contributed by atoms with Crippen LogP contribution < -0.4 is 10.6 Å². The van der Waals surface area contributed by atoms with Gasteiger partial charge < -0.3 is 15.6 Å². The van der Waals surface area contributed by atoms with Gasteiger partial charge in [-0.25, -0.2) is 19.9 Å². The van der Waals surface area contributed by atoms with Crippen molar-refractivity contribution in [2.24, 2.45) is 0 Å². The number of pyridine rings is 1. The van der Waals surface area contributed by atoms with Gasteiger partial charge in [0.2, 0.25) is 5.95 Å². The number of imidazole rings is 1. The number of aromatic nitrogens is 5. The fourth-order valence-electron chi connectivity index (χ4n) is 4.02. The van der Waals surface area contributed by atoms with Gasteiger partial charge in [0.15, 0.2) is 0 Å². The zero-order valence-electron chi connectivity index (χ0n) is 18.2. The summed E-state index contributed by atoms with van der Waals surface area (Å²) < 4.78 is 0. The van der Waals surface area contributed by atoms with E-state index in [9.17, 15) is 0 Å². The van der Waals surface area contributed by atoms with Crippen LogP contribution in [0, 0.1) is 6.92 Å². The Kier molecular flexibility index (Phi) is 6.64. The van der Waals surface area contributed by atoms with Crippen molar-refractivity contribution >= 4 is 35.2 Å². The van der Waals surface area contributed by atoms with Crippen LogP contribution in [0.25, 0.3) is 22.3 Å². The van der Waals surface area contributed by atoms with Gasteiger partial charge in [0.25, 0.3) is 0 Å². The molecule has 0 spiro atoms. The van der Waals surface area contributed by atoms with E-state index in [2.05, 4.69) is 65.6 Å². The number of hydrogen-bond donors (Lipinski definition) is 3. The molecule has 3 N–H and O–H groups in total. The lowest BCUT2D eigenvalue weighted by Gasteiger charge is -2.33. The van der Waals surface area contributed by atoms with Crippen molar-refractivity contribution < 1.29 is 0 Å². The number of rotatable bonds is 5. The van der Waals surface area contributed by atoms with Gasteiger partial charge in [-0.05, 0) is 49.7 Å². The van der Waals surface area contributed by atoms with Crippen LogP contribution in [-0.2, 0) is 0 Å². The second-order valence-electron chi connectivity index (χ2n) is 7.92. The molecule has 0 saturated carbocycles. The summed E-state index contributed by atoms with van der Waals surface area (Å²) in [6.07, 6.45) is 3.45. The lowest BCUT2D eigenvalue weighted by Crippen LogP contribution is -2.44. The van der Waals surface area contributed by atoms with Crippen LogP contribution in [0.5, 0.6) is 0 Å². The Morgan fingerprint density at radius 3 is 2.69 bits per heavy atom. The van der Waals surface area contributed by atoms with E-state index < -0.39 is 0 Å². The summed E-state index contributed by atoms with van der Waals surface area (Å²) in [4.78, 5) is 23.6. The van der Waals surface area contributed by atoms with Crippen LogP contribution in [0.3, 0.4) is 0 Å². The van der Waals surface area contributed by atoms with E-state index >= 15 is 0 Å². The van der Waals surface area contributed by atoms with Gasteiger partial charge in [-0.15, -0.1) is 12.4 Å². The smallest absolute Gasteiger partial charge is 0.206 e. The predicted octanol–water partition coefficient (Wildman–Crippen LogP) is 3.85. The Labute approximate surface area is 193 Å². The van der Waals surface area contributed by atoms with Crippen molar-refractivity contribution in [1.82, 2.24) is 35.1 Å². The van der Waals surface area contributed by atoms with Gasteiger partial charge in [-0.2, -0.15) is 0 Å². The molecule has 166 valence electrons. The molecule has 0 bridgehead atoms. The maximum Gasteiger partial charge on any atom is 0.206 e. The van der Waals surface area contributed by atoms with Crippen molar-refractivity contribution in [3.05, 3.63) is 60.2 Å². The molecule has 1 aliphatic heterocycles. The van der Waals surface area contributed by atoms with Crippen molar-refractivity contribution in [2.75, 3.05) is 31.5 Å². The average molecular weight is 451 g/mol. The maximum atomic E-state index is 4.67. The maximum absolute atomic E-state index is 4.67. The number of benzene rings is 1. The second-order valence-corrected chi connectivity index (χ2v) is 7.92. The standard InChI is InChI=1S/C23H26N8.ClH/c1-15-11-20(27-14-26-15)18-3-4-19-21(12-18)29-23(28-19)30-22-13-17(5-6-25-22)16(2)31-9-7-24-8-10-31;/h3-6,11-14,16,24H,7-10H2,1-2H3,(H2,25,28,29,30);1H. The molecule has 0 radical (unpaired) electrons. The molecule has 5 rings (SSSR count). The Morgan fingerprint density at radius 2 is 1.88 bits per heavy atom. The first kappa shape index (κ1) is 22.1. The third kappa shape index (κ3) is 4.72. The first-order chi connectivity index (χ1) is 15.2. The van der Waals surface area contributed by atoms with E-state index in [1.807, 2.05) is 31.3 Å². The third-order valence-electron chi connectivity index (χ3n) is 5.79. The third-order valence-corrected chi connectivity index (χ3v) is 5.79. The van der Waals surface area contributed by atoms with Gasteiger partial charge in [0.05, 0.1) is 16.7 Å². The zero-order chi connectivity index (χ0) is 21.2. The topological polar surface area (TPSA) is 94.7 Å². The van der Waals surface area contributed by atoms with Gasteiger partial charge in [-0.1, -0.05) is 6.07 Å². The van der Waals surface area contributed by atoms with Gasteiger partial charge >= 0.3 is 0 Å². The highest BCUT2D eigenvalue weighted by Gasteiger charge is 2.18. The molecule has 1 aromatic carbocycles. The summed E-state index contributed by atoms with van der Waals surface area (Å²) in [6, 6.07) is 12.6. The zero-order valence-corrected chi connectivity index (χ0v) is 19.0. The Bertz CT molecular complexity index is 1200. The molecule has 1 unspecified atom stereocenters. The number of fused-ring (bicyclic) bond motifs is 1. The normalized spacial score (nSPS) is 15.3. The van der Waals surface area contributed by atoms with Crippen LogP contribution in [0.2, 0.25) is 0 Å². The number of H-pyrrole nitrogens is 1. The van der Waals surface area contributed by atoms with E-state index in [0.29, 0.717) is 12.0 Å². The highest BCUT2D eigenvalue weighted by atomic mass is 35.5. The Balaban J connectivity index is 0.00000245. The first-order valence-electron chi connectivity index (χ1n) is 10.6. The van der Waals surface area contributed by atoms with Gasteiger partial charge in [0, 0.05) is 49.7 Å². The molecule has 32 heavy (non-hydrogen) atoms. The van der Waals surface area contributed by atoms with E-state index in [1.165, 1.54) is 5.56 Å². The van der Waals surface area contributed by atoms with Gasteiger partial charge in [0.1, 0.15) is 12.1 Å². The van der Waals surface area contributed by atoms with Crippen LogP contribution in [0.1, 0.15) is 24.2 Å². The minimum atomic E-state index is 0. The molecule has 1 saturated heterocycles.